The van der Waals surface area contributed by atoms with Crippen molar-refractivity contribution in [1.29, 1.82) is 0 Å². The molecule has 3 aromatic carbocycles. The maximum Gasteiger partial charge on any atom is 0.414 e. The topological polar surface area (TPSA) is 56.1 Å². The third-order valence-corrected chi connectivity index (χ3v) is 7.33. The summed E-state index contributed by atoms with van der Waals surface area (Å²) in [6, 6.07) is 21.0. The lowest BCUT2D eigenvalue weighted by Gasteiger charge is -2.17. The van der Waals surface area contributed by atoms with E-state index in [2.05, 4.69) is 5.32 Å². The summed E-state index contributed by atoms with van der Waals surface area (Å²) in [4.78, 5) is 13.0. The Bertz CT molecular complexity index is 1500. The van der Waals surface area contributed by atoms with Crippen LogP contribution >= 0.6 is 23.2 Å². The fourth-order valence-electron chi connectivity index (χ4n) is 4.83. The summed E-state index contributed by atoms with van der Waals surface area (Å²) in [5, 5.41) is 8.59. The number of hydrogen-bond acceptors (Lipinski definition) is 3. The molecule has 0 saturated heterocycles. The first-order chi connectivity index (χ1) is 18.9. The summed E-state index contributed by atoms with van der Waals surface area (Å²) < 4.78 is 21.2. The maximum atomic E-state index is 13.6. The van der Waals surface area contributed by atoms with Crippen molar-refractivity contribution in [3.63, 3.8) is 0 Å². The molecule has 1 heterocycles. The largest absolute Gasteiger partial charge is 0.414 e. The average molecular weight is 564 g/mol. The van der Waals surface area contributed by atoms with Gasteiger partial charge in [0, 0.05) is 10.6 Å². The van der Waals surface area contributed by atoms with Gasteiger partial charge >= 0.3 is 6.09 Å². The molecule has 8 heteroatoms. The number of ether oxygens (including phenoxy) is 1. The summed E-state index contributed by atoms with van der Waals surface area (Å²) in [6.07, 6.45) is 5.83. The Labute approximate surface area is 237 Å². The minimum Gasteiger partial charge on any atom is -0.389 e. The Balaban J connectivity index is 1.58. The van der Waals surface area contributed by atoms with Crippen LogP contribution in [-0.2, 0) is 6.42 Å². The van der Waals surface area contributed by atoms with E-state index in [-0.39, 0.29) is 17.7 Å². The van der Waals surface area contributed by atoms with Crippen molar-refractivity contribution >= 4 is 40.9 Å². The smallest absolute Gasteiger partial charge is 0.389 e. The predicted molar refractivity (Wildman–Crippen MR) is 154 cm³/mol. The van der Waals surface area contributed by atoms with E-state index < -0.39 is 6.09 Å². The van der Waals surface area contributed by atoms with Gasteiger partial charge in [-0.15, -0.1) is 5.10 Å². The van der Waals surface area contributed by atoms with Gasteiger partial charge in [-0.1, -0.05) is 72.1 Å². The molecular formula is C31H28Cl2FN3O2. The maximum absolute atomic E-state index is 13.6. The van der Waals surface area contributed by atoms with Gasteiger partial charge in [0.1, 0.15) is 5.82 Å². The molecule has 1 aliphatic rings. The van der Waals surface area contributed by atoms with Gasteiger partial charge in [0.25, 0.3) is 0 Å². The Hall–Kier alpha value is -3.61. The van der Waals surface area contributed by atoms with Crippen molar-refractivity contribution < 1.29 is 13.9 Å². The molecule has 0 saturated carbocycles. The number of hydrogen-bond donors (Lipinski definition) is 1. The third-order valence-electron chi connectivity index (χ3n) is 6.80. The highest BCUT2D eigenvalue weighted by atomic mass is 35.5. The number of aromatic nitrogens is 2. The number of halogens is 3. The van der Waals surface area contributed by atoms with Gasteiger partial charge in [-0.2, -0.15) is 0 Å². The highest BCUT2D eigenvalue weighted by Gasteiger charge is 2.27. The Morgan fingerprint density at radius 2 is 1.77 bits per heavy atom. The number of rotatable bonds is 5. The lowest BCUT2D eigenvalue weighted by atomic mass is 9.92. The molecule has 1 N–H and O–H groups in total. The van der Waals surface area contributed by atoms with Crippen LogP contribution in [0.2, 0.25) is 10.0 Å². The van der Waals surface area contributed by atoms with Crippen molar-refractivity contribution in [2.75, 3.05) is 0 Å². The number of nitrogens with one attached hydrogen (secondary N) is 1. The fourth-order valence-corrected chi connectivity index (χ4v) is 5.32. The molecule has 200 valence electrons. The van der Waals surface area contributed by atoms with Gasteiger partial charge in [-0.3, -0.25) is 0 Å². The minimum absolute atomic E-state index is 0.237. The molecule has 1 aromatic heterocycles. The molecule has 1 amide bonds. The second-order valence-electron chi connectivity index (χ2n) is 9.59. The Morgan fingerprint density at radius 3 is 2.51 bits per heavy atom. The number of allylic oxidation sites excluding steroid dienone is 1. The van der Waals surface area contributed by atoms with E-state index in [1.54, 1.807) is 35.0 Å². The molecule has 0 unspecified atom stereocenters. The molecular weight excluding hydrogens is 536 g/mol. The summed E-state index contributed by atoms with van der Waals surface area (Å²) >= 11 is 12.8. The van der Waals surface area contributed by atoms with Gasteiger partial charge in [0.15, 0.2) is 0 Å². The van der Waals surface area contributed by atoms with Crippen LogP contribution in [-0.4, -0.2) is 15.9 Å². The number of carbonyl (C=O) groups excluding carboxylic acids is 1. The van der Waals surface area contributed by atoms with Crippen LogP contribution in [0.3, 0.4) is 0 Å². The Morgan fingerprint density at radius 1 is 1.03 bits per heavy atom. The van der Waals surface area contributed by atoms with E-state index in [1.165, 1.54) is 12.1 Å². The highest BCUT2D eigenvalue weighted by Crippen LogP contribution is 2.38. The second-order valence-corrected chi connectivity index (χ2v) is 10.4. The van der Waals surface area contributed by atoms with E-state index in [9.17, 15) is 9.18 Å². The summed E-state index contributed by atoms with van der Waals surface area (Å²) in [7, 11) is 0. The standard InChI is InChI=1S/C31H28Cl2FN3O2/c1-20(22-8-4-2-5-9-22)35-31(38)39-30-26-11-7-3-6-10-23(18-21-12-15-25(34)16-13-21)29(26)37(36-30)28-17-14-24(32)19-27(28)33/h2,4-5,8-9,12-20H,3,6-7,10-11H2,1H3,(H,35,38)/b23-18+/t20-/m0/s1. The zero-order valence-electron chi connectivity index (χ0n) is 21.5. The zero-order valence-corrected chi connectivity index (χ0v) is 23.0. The van der Waals surface area contributed by atoms with Crippen LogP contribution in [0.4, 0.5) is 9.18 Å². The number of carbonyl (C=O) groups is 1. The first kappa shape index (κ1) is 27.0. The van der Waals surface area contributed by atoms with Gasteiger partial charge < -0.3 is 10.1 Å². The first-order valence-corrected chi connectivity index (χ1v) is 13.7. The average Bonchev–Trinajstić information content (AvgIpc) is 3.24. The van der Waals surface area contributed by atoms with Gasteiger partial charge in [0.2, 0.25) is 5.88 Å². The number of amides is 1. The van der Waals surface area contributed by atoms with Gasteiger partial charge in [0.05, 0.1) is 22.4 Å². The van der Waals surface area contributed by atoms with Crippen LogP contribution in [0.25, 0.3) is 17.3 Å². The first-order valence-electron chi connectivity index (χ1n) is 13.0. The molecule has 0 spiro atoms. The van der Waals surface area contributed by atoms with E-state index in [1.807, 2.05) is 43.3 Å². The SMILES string of the molecule is C[C@H](NC(=O)Oc1nn(-c2ccc(Cl)cc2Cl)c2c1CCCCC/C2=C\c1ccc(F)cc1)c1ccccc1. The molecule has 39 heavy (non-hydrogen) atoms. The van der Waals surface area contributed by atoms with Crippen molar-refractivity contribution in [3.05, 3.63) is 111 Å². The van der Waals surface area contributed by atoms with E-state index in [4.69, 9.17) is 33.0 Å². The summed E-state index contributed by atoms with van der Waals surface area (Å²) in [6.45, 7) is 1.90. The lowest BCUT2D eigenvalue weighted by Crippen LogP contribution is -2.30. The number of benzene rings is 3. The van der Waals surface area contributed by atoms with Crippen LogP contribution in [0.15, 0.2) is 72.8 Å². The van der Waals surface area contributed by atoms with Crippen molar-refractivity contribution in [3.8, 4) is 11.6 Å². The molecule has 0 radical (unpaired) electrons. The molecule has 1 atom stereocenters. The molecule has 5 rings (SSSR count). The third kappa shape index (κ3) is 6.35. The van der Waals surface area contributed by atoms with Crippen LogP contribution in [0.1, 0.15) is 61.0 Å². The van der Waals surface area contributed by atoms with Crippen LogP contribution in [0, 0.1) is 5.82 Å². The van der Waals surface area contributed by atoms with E-state index in [0.717, 1.165) is 53.6 Å². The normalized spacial score (nSPS) is 15.2. The molecule has 4 aromatic rings. The zero-order chi connectivity index (χ0) is 27.4. The van der Waals surface area contributed by atoms with Crippen LogP contribution in [0.5, 0.6) is 5.88 Å². The summed E-state index contributed by atoms with van der Waals surface area (Å²) in [5.74, 6) is -0.0550. The van der Waals surface area contributed by atoms with Crippen molar-refractivity contribution in [2.24, 2.45) is 0 Å². The number of nitrogens with zero attached hydrogens (tertiary/aromatic N) is 2. The predicted octanol–water partition coefficient (Wildman–Crippen LogP) is 8.82. The van der Waals surface area contributed by atoms with E-state index >= 15 is 0 Å². The molecule has 0 bridgehead atoms. The Kier molecular flexibility index (Phi) is 8.34. The molecule has 1 aliphatic carbocycles. The van der Waals surface area contributed by atoms with Crippen molar-refractivity contribution in [1.82, 2.24) is 15.1 Å². The van der Waals surface area contributed by atoms with Crippen LogP contribution < -0.4 is 10.1 Å². The lowest BCUT2D eigenvalue weighted by molar-refractivity contribution is 0.194. The van der Waals surface area contributed by atoms with E-state index in [0.29, 0.717) is 22.2 Å². The monoisotopic (exact) mass is 563 g/mol. The minimum atomic E-state index is -0.591. The second kappa shape index (κ2) is 12.1. The number of fused-ring (bicyclic) bond motifs is 1. The fraction of sp³-hybridized carbons (Fsp3) is 0.226. The highest BCUT2D eigenvalue weighted by molar-refractivity contribution is 6.35. The molecule has 0 fully saturated rings. The summed E-state index contributed by atoms with van der Waals surface area (Å²) in [5.41, 5.74) is 5.11. The van der Waals surface area contributed by atoms with Gasteiger partial charge in [-0.05, 0) is 85.7 Å². The molecule has 0 aliphatic heterocycles. The van der Waals surface area contributed by atoms with Gasteiger partial charge in [-0.25, -0.2) is 13.9 Å². The quantitative estimate of drug-likeness (QED) is 0.264. The molecule has 5 nitrogen and oxygen atoms in total. The van der Waals surface area contributed by atoms with Crippen molar-refractivity contribution in [2.45, 2.75) is 45.1 Å².